The highest BCUT2D eigenvalue weighted by Crippen LogP contribution is 2.32. The van der Waals surface area contributed by atoms with Gasteiger partial charge in [-0.15, -0.1) is 0 Å². The Balaban J connectivity index is 2.47. The normalized spacial score (nSPS) is 12.3. The first kappa shape index (κ1) is 17.8. The molecule has 2 aromatic rings. The summed E-state index contributed by atoms with van der Waals surface area (Å²) in [6.07, 6.45) is -9.29. The maximum absolute atomic E-state index is 12.7. The highest BCUT2D eigenvalue weighted by molar-refractivity contribution is 5.89. The molecule has 0 amide bonds. The maximum Gasteiger partial charge on any atom is 0.434 e. The average Bonchev–Trinajstić information content (AvgIpc) is 2.88. The second-order valence-electron chi connectivity index (χ2n) is 4.76. The molecule has 0 aliphatic heterocycles. The molecular weight excluding hydrogens is 342 g/mol. The molecule has 2 rings (SSSR count). The summed E-state index contributed by atoms with van der Waals surface area (Å²) in [5.41, 5.74) is -1.33. The lowest BCUT2D eigenvalue weighted by atomic mass is 10.1. The zero-order valence-corrected chi connectivity index (χ0v) is 12.1. The average molecular weight is 352 g/mol. The molecule has 24 heavy (non-hydrogen) atoms. The number of aromatic nitrogens is 2. The van der Waals surface area contributed by atoms with Crippen LogP contribution in [0.4, 0.5) is 26.3 Å². The van der Waals surface area contributed by atoms with E-state index in [-0.39, 0.29) is 11.1 Å². The number of rotatable bonds is 3. The van der Waals surface area contributed by atoms with Crippen LogP contribution in [0.5, 0.6) is 0 Å². The summed E-state index contributed by atoms with van der Waals surface area (Å²) in [5, 5.41) is 0. The van der Waals surface area contributed by atoms with Gasteiger partial charge in [0.05, 0.1) is 12.7 Å². The van der Waals surface area contributed by atoms with Crippen molar-refractivity contribution in [3.05, 3.63) is 41.7 Å². The number of esters is 1. The summed E-state index contributed by atoms with van der Waals surface area (Å²) in [6, 6.07) is 4.84. The van der Waals surface area contributed by atoms with Gasteiger partial charge in [-0.1, -0.05) is 12.1 Å². The van der Waals surface area contributed by atoms with Gasteiger partial charge in [-0.25, -0.2) is 9.78 Å². The number of nitrogens with zero attached hydrogens (tertiary/aromatic N) is 2. The molecule has 0 radical (unpaired) electrons. The predicted octanol–water partition coefficient (Wildman–Crippen LogP) is 3.92. The summed E-state index contributed by atoms with van der Waals surface area (Å²) in [7, 11) is 1.14. The van der Waals surface area contributed by atoms with E-state index < -0.39 is 36.4 Å². The van der Waals surface area contributed by atoms with Gasteiger partial charge in [-0.3, -0.25) is 0 Å². The van der Waals surface area contributed by atoms with E-state index in [0.29, 0.717) is 10.8 Å². The summed E-state index contributed by atoms with van der Waals surface area (Å²) in [4.78, 5) is 14.6. The standard InChI is InChI=1S/C14H10F6N2O2/c1-24-12(23)9-4-2-8(3-5-9)11-21-10(14(18,19)20)6-22(11)7-13(15,16)17/h2-6H,7H2,1H3. The molecule has 0 aliphatic rings. The van der Waals surface area contributed by atoms with Gasteiger partial charge in [-0.2, -0.15) is 26.3 Å². The Kier molecular flexibility index (Phi) is 4.59. The lowest BCUT2D eigenvalue weighted by molar-refractivity contribution is -0.144. The number of carbonyl (C=O) groups is 1. The first-order valence-electron chi connectivity index (χ1n) is 6.41. The fraction of sp³-hybridized carbons (Fsp3) is 0.286. The predicted molar refractivity (Wildman–Crippen MR) is 70.1 cm³/mol. The number of halogens is 6. The molecule has 0 unspecified atom stereocenters. The molecule has 130 valence electrons. The smallest absolute Gasteiger partial charge is 0.434 e. The molecule has 0 spiro atoms. The molecule has 0 bridgehead atoms. The van der Waals surface area contributed by atoms with Crippen LogP contribution in [0.3, 0.4) is 0 Å². The number of alkyl halides is 6. The number of methoxy groups -OCH3 is 1. The molecule has 0 fully saturated rings. The first-order valence-corrected chi connectivity index (χ1v) is 6.41. The van der Waals surface area contributed by atoms with Crippen LogP contribution in [0.1, 0.15) is 16.1 Å². The second-order valence-corrected chi connectivity index (χ2v) is 4.76. The number of hydrogen-bond acceptors (Lipinski definition) is 3. The number of imidazole rings is 1. The molecule has 0 aliphatic carbocycles. The number of benzene rings is 1. The molecule has 1 heterocycles. The van der Waals surface area contributed by atoms with Crippen molar-refractivity contribution in [2.45, 2.75) is 18.9 Å². The maximum atomic E-state index is 12.7. The quantitative estimate of drug-likeness (QED) is 0.621. The Bertz CT molecular complexity index is 731. The Morgan fingerprint density at radius 3 is 2.17 bits per heavy atom. The summed E-state index contributed by atoms with van der Waals surface area (Å²) < 4.78 is 80.7. The Morgan fingerprint density at radius 2 is 1.71 bits per heavy atom. The Labute approximate surface area is 131 Å². The second kappa shape index (κ2) is 6.17. The van der Waals surface area contributed by atoms with Crippen LogP contribution in [0.15, 0.2) is 30.5 Å². The third kappa shape index (κ3) is 4.06. The van der Waals surface area contributed by atoms with E-state index in [9.17, 15) is 31.1 Å². The number of hydrogen-bond donors (Lipinski definition) is 0. The van der Waals surface area contributed by atoms with E-state index in [0.717, 1.165) is 7.11 Å². The van der Waals surface area contributed by atoms with Gasteiger partial charge in [0.2, 0.25) is 0 Å². The molecule has 4 nitrogen and oxygen atoms in total. The van der Waals surface area contributed by atoms with Gasteiger partial charge in [0.15, 0.2) is 5.69 Å². The summed E-state index contributed by atoms with van der Waals surface area (Å²) in [5.74, 6) is -1.19. The molecule has 1 aromatic heterocycles. The van der Waals surface area contributed by atoms with Crippen LogP contribution in [-0.2, 0) is 17.5 Å². The van der Waals surface area contributed by atoms with Gasteiger partial charge >= 0.3 is 18.3 Å². The van der Waals surface area contributed by atoms with Crippen molar-refractivity contribution < 1.29 is 35.9 Å². The third-order valence-electron chi connectivity index (χ3n) is 2.98. The van der Waals surface area contributed by atoms with E-state index in [1.54, 1.807) is 0 Å². The third-order valence-corrected chi connectivity index (χ3v) is 2.98. The fourth-order valence-corrected chi connectivity index (χ4v) is 1.97. The van der Waals surface area contributed by atoms with Gasteiger partial charge in [-0.05, 0) is 12.1 Å². The molecule has 0 N–H and O–H groups in total. The minimum absolute atomic E-state index is 0.00223. The SMILES string of the molecule is COC(=O)c1ccc(-c2nc(C(F)(F)F)cn2CC(F)(F)F)cc1. The van der Waals surface area contributed by atoms with Crippen molar-refractivity contribution >= 4 is 5.97 Å². The van der Waals surface area contributed by atoms with Crippen LogP contribution in [0, 0.1) is 0 Å². The van der Waals surface area contributed by atoms with Crippen LogP contribution in [0.2, 0.25) is 0 Å². The van der Waals surface area contributed by atoms with Gasteiger partial charge < -0.3 is 9.30 Å². The van der Waals surface area contributed by atoms with Crippen molar-refractivity contribution in [3.8, 4) is 11.4 Å². The van der Waals surface area contributed by atoms with Crippen LogP contribution in [-0.4, -0.2) is 28.8 Å². The molecular formula is C14H10F6N2O2. The van der Waals surface area contributed by atoms with E-state index in [1.165, 1.54) is 24.3 Å². The highest BCUT2D eigenvalue weighted by atomic mass is 19.4. The van der Waals surface area contributed by atoms with E-state index in [4.69, 9.17) is 0 Å². The minimum Gasteiger partial charge on any atom is -0.465 e. The van der Waals surface area contributed by atoms with E-state index >= 15 is 0 Å². The largest absolute Gasteiger partial charge is 0.465 e. The van der Waals surface area contributed by atoms with Crippen molar-refractivity contribution in [3.63, 3.8) is 0 Å². The van der Waals surface area contributed by atoms with Crippen LogP contribution in [0.25, 0.3) is 11.4 Å². The summed E-state index contributed by atoms with van der Waals surface area (Å²) in [6.45, 7) is -1.62. The Morgan fingerprint density at radius 1 is 1.12 bits per heavy atom. The minimum atomic E-state index is -4.88. The van der Waals surface area contributed by atoms with E-state index in [2.05, 4.69) is 9.72 Å². The lowest BCUT2D eigenvalue weighted by Gasteiger charge is -2.10. The Hall–Kier alpha value is -2.52. The molecule has 0 atom stereocenters. The van der Waals surface area contributed by atoms with Crippen molar-refractivity contribution in [1.82, 2.24) is 9.55 Å². The zero-order chi connectivity index (χ0) is 18.1. The van der Waals surface area contributed by atoms with Crippen molar-refractivity contribution in [2.24, 2.45) is 0 Å². The van der Waals surface area contributed by atoms with Crippen LogP contribution < -0.4 is 0 Å². The van der Waals surface area contributed by atoms with Gasteiger partial charge in [0.25, 0.3) is 0 Å². The number of ether oxygens (including phenoxy) is 1. The van der Waals surface area contributed by atoms with Crippen LogP contribution >= 0.6 is 0 Å². The molecule has 0 saturated carbocycles. The molecule has 10 heteroatoms. The molecule has 0 saturated heterocycles. The van der Waals surface area contributed by atoms with Gasteiger partial charge in [0.1, 0.15) is 12.4 Å². The number of carbonyl (C=O) groups excluding carboxylic acids is 1. The lowest BCUT2D eigenvalue weighted by Crippen LogP contribution is -2.18. The van der Waals surface area contributed by atoms with Gasteiger partial charge in [0, 0.05) is 11.8 Å². The first-order chi connectivity index (χ1) is 11.0. The highest BCUT2D eigenvalue weighted by Gasteiger charge is 2.37. The summed E-state index contributed by atoms with van der Waals surface area (Å²) >= 11 is 0. The van der Waals surface area contributed by atoms with Crippen molar-refractivity contribution in [1.29, 1.82) is 0 Å². The van der Waals surface area contributed by atoms with E-state index in [1.807, 2.05) is 0 Å². The van der Waals surface area contributed by atoms with Crippen molar-refractivity contribution in [2.75, 3.05) is 7.11 Å². The zero-order valence-electron chi connectivity index (χ0n) is 12.1. The fourth-order valence-electron chi connectivity index (χ4n) is 1.97. The topological polar surface area (TPSA) is 44.1 Å². The molecule has 1 aromatic carbocycles. The monoisotopic (exact) mass is 352 g/mol.